The van der Waals surface area contributed by atoms with E-state index in [0.717, 1.165) is 31.2 Å². The Morgan fingerprint density at radius 3 is 2.57 bits per heavy atom. The Hall–Kier alpha value is -2.73. The summed E-state index contributed by atoms with van der Waals surface area (Å²) in [7, 11) is 0. The smallest absolute Gasteiger partial charge is 0.404 e. The van der Waals surface area contributed by atoms with Crippen LogP contribution in [0, 0.1) is 11.8 Å². The molecule has 1 amide bonds. The summed E-state index contributed by atoms with van der Waals surface area (Å²) in [5.74, 6) is 6.42. The second-order valence-corrected chi connectivity index (χ2v) is 5.32. The molecule has 0 unspecified atom stereocenters. The van der Waals surface area contributed by atoms with Gasteiger partial charge in [0.1, 0.15) is 0 Å². The van der Waals surface area contributed by atoms with Crippen LogP contribution in [-0.2, 0) is 12.8 Å². The average molecular weight is 307 g/mol. The van der Waals surface area contributed by atoms with Gasteiger partial charge >= 0.3 is 6.09 Å². The molecular formula is C20H21NO2. The Labute approximate surface area is 137 Å². The van der Waals surface area contributed by atoms with E-state index in [2.05, 4.69) is 41.4 Å². The number of nitrogens with one attached hydrogen (secondary N) is 1. The first-order chi connectivity index (χ1) is 11.2. The first-order valence-electron chi connectivity index (χ1n) is 7.82. The number of carbonyl (C=O) groups is 1. The van der Waals surface area contributed by atoms with Crippen LogP contribution in [0.3, 0.4) is 0 Å². The van der Waals surface area contributed by atoms with Crippen molar-refractivity contribution < 1.29 is 9.90 Å². The summed E-state index contributed by atoms with van der Waals surface area (Å²) < 4.78 is 0. The molecule has 118 valence electrons. The maximum absolute atomic E-state index is 10.4. The molecular weight excluding hydrogens is 286 g/mol. The van der Waals surface area contributed by atoms with E-state index in [1.807, 2.05) is 30.3 Å². The van der Waals surface area contributed by atoms with Crippen molar-refractivity contribution in [3.63, 3.8) is 0 Å². The summed E-state index contributed by atoms with van der Waals surface area (Å²) in [4.78, 5) is 10.4. The first-order valence-corrected chi connectivity index (χ1v) is 7.82. The third kappa shape index (κ3) is 6.71. The van der Waals surface area contributed by atoms with E-state index in [0.29, 0.717) is 6.54 Å². The standard InChI is InChI=1S/C20H21NO2/c22-20(23)21-15-7-14-19-13-6-12-18(16-19)11-5-4-10-17-8-2-1-3-9-17/h1-3,6,8-9,12-13,16,21H,4,7,10,14-15H2,(H,22,23). The fourth-order valence-corrected chi connectivity index (χ4v) is 2.31. The van der Waals surface area contributed by atoms with Crippen molar-refractivity contribution in [2.75, 3.05) is 6.54 Å². The molecule has 0 bridgehead atoms. The molecule has 2 aromatic rings. The van der Waals surface area contributed by atoms with Crippen molar-refractivity contribution in [2.45, 2.75) is 25.7 Å². The second-order valence-electron chi connectivity index (χ2n) is 5.32. The lowest BCUT2D eigenvalue weighted by Crippen LogP contribution is -2.22. The van der Waals surface area contributed by atoms with E-state index >= 15 is 0 Å². The molecule has 0 heterocycles. The zero-order valence-corrected chi connectivity index (χ0v) is 13.1. The topological polar surface area (TPSA) is 49.3 Å². The number of rotatable bonds is 6. The molecule has 0 aliphatic rings. The van der Waals surface area contributed by atoms with Gasteiger partial charge in [0.2, 0.25) is 0 Å². The molecule has 2 rings (SSSR count). The van der Waals surface area contributed by atoms with E-state index in [1.54, 1.807) is 0 Å². The number of carboxylic acid groups (broad SMARTS) is 1. The fourth-order valence-electron chi connectivity index (χ4n) is 2.31. The van der Waals surface area contributed by atoms with Crippen LogP contribution in [0.4, 0.5) is 4.79 Å². The van der Waals surface area contributed by atoms with Crippen molar-refractivity contribution in [3.8, 4) is 11.8 Å². The van der Waals surface area contributed by atoms with Crippen LogP contribution in [-0.4, -0.2) is 17.7 Å². The number of hydrogen-bond donors (Lipinski definition) is 2. The second kappa shape index (κ2) is 9.32. The van der Waals surface area contributed by atoms with Gasteiger partial charge in [-0.2, -0.15) is 0 Å². The van der Waals surface area contributed by atoms with Crippen LogP contribution in [0.15, 0.2) is 54.6 Å². The lowest BCUT2D eigenvalue weighted by molar-refractivity contribution is 0.194. The summed E-state index contributed by atoms with van der Waals surface area (Å²) in [6.45, 7) is 0.475. The number of hydrogen-bond acceptors (Lipinski definition) is 1. The highest BCUT2D eigenvalue weighted by molar-refractivity contribution is 5.64. The monoisotopic (exact) mass is 307 g/mol. The molecule has 0 spiro atoms. The number of amides is 1. The highest BCUT2D eigenvalue weighted by Gasteiger charge is 1.97. The van der Waals surface area contributed by atoms with Gasteiger partial charge in [0.25, 0.3) is 0 Å². The molecule has 0 aliphatic heterocycles. The lowest BCUT2D eigenvalue weighted by atomic mass is 10.1. The summed E-state index contributed by atoms with van der Waals surface area (Å²) >= 11 is 0. The fraction of sp³-hybridized carbons (Fsp3) is 0.250. The molecule has 23 heavy (non-hydrogen) atoms. The third-order valence-electron chi connectivity index (χ3n) is 3.46. The van der Waals surface area contributed by atoms with E-state index in [9.17, 15) is 4.79 Å². The largest absolute Gasteiger partial charge is 0.465 e. The predicted octanol–water partition coefficient (Wildman–Crippen LogP) is 3.87. The van der Waals surface area contributed by atoms with Crippen LogP contribution in [0.2, 0.25) is 0 Å². The Morgan fingerprint density at radius 1 is 1.00 bits per heavy atom. The van der Waals surface area contributed by atoms with Crippen LogP contribution < -0.4 is 5.32 Å². The quantitative estimate of drug-likeness (QED) is 0.628. The number of benzene rings is 2. The lowest BCUT2D eigenvalue weighted by Gasteiger charge is -2.02. The molecule has 0 aromatic heterocycles. The minimum absolute atomic E-state index is 0.475. The maximum atomic E-state index is 10.4. The first kappa shape index (κ1) is 16.6. The number of aryl methyl sites for hydroxylation is 2. The third-order valence-corrected chi connectivity index (χ3v) is 3.46. The van der Waals surface area contributed by atoms with Gasteiger partial charge in [0, 0.05) is 18.5 Å². The van der Waals surface area contributed by atoms with Crippen molar-refractivity contribution in [1.82, 2.24) is 5.32 Å². The minimum atomic E-state index is -0.969. The molecule has 0 aliphatic carbocycles. The molecule has 2 N–H and O–H groups in total. The Morgan fingerprint density at radius 2 is 1.78 bits per heavy atom. The molecule has 0 saturated heterocycles. The van der Waals surface area contributed by atoms with Gasteiger partial charge in [-0.25, -0.2) is 4.79 Å². The van der Waals surface area contributed by atoms with Crippen molar-refractivity contribution in [1.29, 1.82) is 0 Å². The molecule has 2 aromatic carbocycles. The summed E-state index contributed by atoms with van der Waals surface area (Å²) in [6, 6.07) is 18.5. The van der Waals surface area contributed by atoms with Crippen LogP contribution >= 0.6 is 0 Å². The van der Waals surface area contributed by atoms with E-state index in [1.165, 1.54) is 11.1 Å². The van der Waals surface area contributed by atoms with E-state index in [4.69, 9.17) is 5.11 Å². The predicted molar refractivity (Wildman–Crippen MR) is 92.4 cm³/mol. The van der Waals surface area contributed by atoms with Crippen molar-refractivity contribution in [2.24, 2.45) is 0 Å². The van der Waals surface area contributed by atoms with Crippen LogP contribution in [0.1, 0.15) is 29.5 Å². The summed E-state index contributed by atoms with van der Waals surface area (Å²) in [6.07, 6.45) is 2.48. The highest BCUT2D eigenvalue weighted by atomic mass is 16.4. The zero-order chi connectivity index (χ0) is 16.3. The van der Waals surface area contributed by atoms with E-state index < -0.39 is 6.09 Å². The summed E-state index contributed by atoms with van der Waals surface area (Å²) in [5.41, 5.74) is 3.51. The Kier molecular flexibility index (Phi) is 6.74. The Balaban J connectivity index is 1.80. The van der Waals surface area contributed by atoms with Crippen LogP contribution in [0.5, 0.6) is 0 Å². The Bertz CT molecular complexity index is 684. The van der Waals surface area contributed by atoms with Gasteiger partial charge in [-0.3, -0.25) is 0 Å². The van der Waals surface area contributed by atoms with Gasteiger partial charge in [-0.15, -0.1) is 0 Å². The van der Waals surface area contributed by atoms with Crippen molar-refractivity contribution >= 4 is 6.09 Å². The van der Waals surface area contributed by atoms with Crippen LogP contribution in [0.25, 0.3) is 0 Å². The van der Waals surface area contributed by atoms with Gasteiger partial charge in [-0.1, -0.05) is 54.3 Å². The van der Waals surface area contributed by atoms with Crippen molar-refractivity contribution in [3.05, 3.63) is 71.3 Å². The molecule has 0 radical (unpaired) electrons. The molecule has 3 heteroatoms. The maximum Gasteiger partial charge on any atom is 0.404 e. The van der Waals surface area contributed by atoms with Gasteiger partial charge < -0.3 is 10.4 Å². The van der Waals surface area contributed by atoms with Gasteiger partial charge in [0.15, 0.2) is 0 Å². The molecule has 0 fully saturated rings. The molecule has 3 nitrogen and oxygen atoms in total. The minimum Gasteiger partial charge on any atom is -0.465 e. The zero-order valence-electron chi connectivity index (χ0n) is 13.1. The van der Waals surface area contributed by atoms with Gasteiger partial charge in [-0.05, 0) is 42.5 Å². The normalized spacial score (nSPS) is 9.74. The van der Waals surface area contributed by atoms with E-state index in [-0.39, 0.29) is 0 Å². The van der Waals surface area contributed by atoms with Gasteiger partial charge in [0.05, 0.1) is 0 Å². The molecule has 0 atom stereocenters. The average Bonchev–Trinajstić information content (AvgIpc) is 2.57. The summed E-state index contributed by atoms with van der Waals surface area (Å²) in [5, 5.41) is 10.9. The SMILES string of the molecule is O=C(O)NCCCc1cccc(C#CCCc2ccccc2)c1. The molecule has 0 saturated carbocycles. The highest BCUT2D eigenvalue weighted by Crippen LogP contribution is 2.07.